The van der Waals surface area contributed by atoms with E-state index in [0.717, 1.165) is 5.69 Å². The molecule has 2 aromatic rings. The molecule has 0 bridgehead atoms. The van der Waals surface area contributed by atoms with Gasteiger partial charge in [0.1, 0.15) is 5.75 Å². The van der Waals surface area contributed by atoms with Crippen LogP contribution in [-0.4, -0.2) is 31.6 Å². The topological polar surface area (TPSA) is 70.7 Å². The van der Waals surface area contributed by atoms with E-state index in [1.165, 1.54) is 4.90 Å². The molecule has 0 heterocycles. The molecule has 0 fully saturated rings. The van der Waals surface area contributed by atoms with Crippen LogP contribution in [-0.2, 0) is 4.79 Å². The van der Waals surface area contributed by atoms with Crippen molar-refractivity contribution >= 4 is 34.9 Å². The molecule has 0 aliphatic carbocycles. The Kier molecular flexibility index (Phi) is 6.86. The quantitative estimate of drug-likeness (QED) is 0.804. The van der Waals surface area contributed by atoms with Crippen LogP contribution in [0.5, 0.6) is 5.75 Å². The zero-order chi connectivity index (χ0) is 19.1. The lowest BCUT2D eigenvalue weighted by Gasteiger charge is -2.20. The molecule has 0 saturated heterocycles. The van der Waals surface area contributed by atoms with Gasteiger partial charge in [-0.05, 0) is 56.3 Å². The minimum absolute atomic E-state index is 0.0607. The van der Waals surface area contributed by atoms with Gasteiger partial charge in [-0.25, -0.2) is 4.79 Å². The van der Waals surface area contributed by atoms with Crippen LogP contribution in [0.25, 0.3) is 0 Å². The zero-order valence-corrected chi connectivity index (χ0v) is 15.7. The lowest BCUT2D eigenvalue weighted by Crippen LogP contribution is -2.40. The van der Waals surface area contributed by atoms with Crippen LogP contribution < -0.4 is 20.3 Å². The van der Waals surface area contributed by atoms with Crippen LogP contribution in [0.2, 0.25) is 5.02 Å². The Bertz CT molecular complexity index is 763. The van der Waals surface area contributed by atoms with E-state index in [4.69, 9.17) is 16.3 Å². The number of carbonyl (C=O) groups excluding carboxylic acids is 2. The number of urea groups is 1. The van der Waals surface area contributed by atoms with Gasteiger partial charge in [0, 0.05) is 29.5 Å². The summed E-state index contributed by atoms with van der Waals surface area (Å²) in [5, 5.41) is 6.07. The third kappa shape index (κ3) is 5.97. The predicted octanol–water partition coefficient (Wildman–Crippen LogP) is 3.91. The van der Waals surface area contributed by atoms with Gasteiger partial charge < -0.3 is 15.4 Å². The third-order valence-corrected chi connectivity index (χ3v) is 3.65. The van der Waals surface area contributed by atoms with Gasteiger partial charge in [0.05, 0.1) is 0 Å². The Morgan fingerprint density at radius 1 is 1.15 bits per heavy atom. The normalized spacial score (nSPS) is 10.3. The fourth-order valence-electron chi connectivity index (χ4n) is 2.14. The van der Waals surface area contributed by atoms with E-state index in [1.54, 1.807) is 55.6 Å². The van der Waals surface area contributed by atoms with E-state index in [9.17, 15) is 9.59 Å². The molecule has 138 valence electrons. The summed E-state index contributed by atoms with van der Waals surface area (Å²) < 4.78 is 5.47. The second-order valence-corrected chi connectivity index (χ2v) is 6.44. The average Bonchev–Trinajstić information content (AvgIpc) is 2.59. The number of nitrogens with one attached hydrogen (secondary N) is 2. The molecule has 0 unspecified atom stereocenters. The van der Waals surface area contributed by atoms with Crippen LogP contribution in [0, 0.1) is 0 Å². The standard InChI is InChI=1S/C19H22ClN3O3/c1-13(2)21-19(25)23(3)16-7-9-17(10-8-16)26-12-18(24)22-15-6-4-5-14(20)11-15/h4-11,13H,12H2,1-3H3,(H,21,25)(H,22,24). The molecule has 0 aliphatic heterocycles. The molecule has 2 rings (SSSR count). The summed E-state index contributed by atoms with van der Waals surface area (Å²) in [7, 11) is 1.69. The summed E-state index contributed by atoms with van der Waals surface area (Å²) in [6.07, 6.45) is 0. The maximum Gasteiger partial charge on any atom is 0.321 e. The predicted molar refractivity (Wildman–Crippen MR) is 104 cm³/mol. The van der Waals surface area contributed by atoms with Crippen molar-refractivity contribution in [1.29, 1.82) is 0 Å². The molecule has 2 N–H and O–H groups in total. The lowest BCUT2D eigenvalue weighted by molar-refractivity contribution is -0.118. The number of anilines is 2. The average molecular weight is 376 g/mol. The first-order valence-electron chi connectivity index (χ1n) is 8.17. The van der Waals surface area contributed by atoms with E-state index < -0.39 is 0 Å². The second kappa shape index (κ2) is 9.10. The molecule has 0 aromatic heterocycles. The number of hydrogen-bond acceptors (Lipinski definition) is 3. The van der Waals surface area contributed by atoms with Gasteiger partial charge in [-0.15, -0.1) is 0 Å². The molecule has 2 aromatic carbocycles. The Balaban J connectivity index is 1.87. The van der Waals surface area contributed by atoms with E-state index in [-0.39, 0.29) is 24.6 Å². The maximum absolute atomic E-state index is 12.0. The highest BCUT2D eigenvalue weighted by molar-refractivity contribution is 6.30. The molecule has 6 nitrogen and oxygen atoms in total. The number of hydrogen-bond donors (Lipinski definition) is 2. The van der Waals surface area contributed by atoms with Crippen LogP contribution in [0.15, 0.2) is 48.5 Å². The zero-order valence-electron chi connectivity index (χ0n) is 15.0. The number of benzene rings is 2. The first-order chi connectivity index (χ1) is 12.3. The summed E-state index contributed by atoms with van der Waals surface area (Å²) in [4.78, 5) is 25.4. The lowest BCUT2D eigenvalue weighted by atomic mass is 10.3. The largest absolute Gasteiger partial charge is 0.484 e. The second-order valence-electron chi connectivity index (χ2n) is 6.00. The summed E-state index contributed by atoms with van der Waals surface area (Å²) >= 11 is 5.88. The van der Waals surface area contributed by atoms with Gasteiger partial charge in [-0.1, -0.05) is 17.7 Å². The van der Waals surface area contributed by atoms with Crippen molar-refractivity contribution in [3.8, 4) is 5.75 Å². The van der Waals surface area contributed by atoms with E-state index in [1.807, 2.05) is 13.8 Å². The number of rotatable bonds is 6. The molecular formula is C19H22ClN3O3. The Morgan fingerprint density at radius 2 is 1.85 bits per heavy atom. The highest BCUT2D eigenvalue weighted by atomic mass is 35.5. The Morgan fingerprint density at radius 3 is 2.46 bits per heavy atom. The minimum atomic E-state index is -0.287. The summed E-state index contributed by atoms with van der Waals surface area (Å²) in [5.41, 5.74) is 1.33. The van der Waals surface area contributed by atoms with Crippen LogP contribution >= 0.6 is 11.6 Å². The molecule has 0 radical (unpaired) electrons. The molecule has 0 saturated carbocycles. The molecule has 3 amide bonds. The number of amides is 3. The molecule has 0 aliphatic rings. The van der Waals surface area contributed by atoms with Crippen LogP contribution in [0.3, 0.4) is 0 Å². The Labute approximate surface area is 158 Å². The van der Waals surface area contributed by atoms with Crippen LogP contribution in [0.1, 0.15) is 13.8 Å². The summed E-state index contributed by atoms with van der Waals surface area (Å²) in [6.45, 7) is 3.67. The number of carbonyl (C=O) groups is 2. The third-order valence-electron chi connectivity index (χ3n) is 3.42. The fourth-order valence-corrected chi connectivity index (χ4v) is 2.33. The van der Waals surface area contributed by atoms with Crippen LogP contribution in [0.4, 0.5) is 16.2 Å². The van der Waals surface area contributed by atoms with Gasteiger partial charge in [-0.3, -0.25) is 9.69 Å². The highest BCUT2D eigenvalue weighted by Crippen LogP contribution is 2.19. The summed E-state index contributed by atoms with van der Waals surface area (Å²) in [6, 6.07) is 13.7. The first-order valence-corrected chi connectivity index (χ1v) is 8.55. The van der Waals surface area contributed by atoms with Crippen molar-refractivity contribution in [2.75, 3.05) is 23.9 Å². The van der Waals surface area contributed by atoms with Crippen molar-refractivity contribution in [2.24, 2.45) is 0 Å². The van der Waals surface area contributed by atoms with Gasteiger partial charge in [-0.2, -0.15) is 0 Å². The number of halogens is 1. The molecule has 26 heavy (non-hydrogen) atoms. The van der Waals surface area contributed by atoms with Crippen molar-refractivity contribution in [3.63, 3.8) is 0 Å². The van der Waals surface area contributed by atoms with E-state index in [0.29, 0.717) is 16.5 Å². The molecule has 0 atom stereocenters. The SMILES string of the molecule is CC(C)NC(=O)N(C)c1ccc(OCC(=O)Nc2cccc(Cl)c2)cc1. The molecular weight excluding hydrogens is 354 g/mol. The molecule has 7 heteroatoms. The van der Waals surface area contributed by atoms with Crippen molar-refractivity contribution in [2.45, 2.75) is 19.9 Å². The maximum atomic E-state index is 12.0. The minimum Gasteiger partial charge on any atom is -0.484 e. The van der Waals surface area contributed by atoms with E-state index in [2.05, 4.69) is 10.6 Å². The molecule has 0 spiro atoms. The van der Waals surface area contributed by atoms with Gasteiger partial charge in [0.2, 0.25) is 0 Å². The monoisotopic (exact) mass is 375 g/mol. The smallest absolute Gasteiger partial charge is 0.321 e. The summed E-state index contributed by atoms with van der Waals surface area (Å²) in [5.74, 6) is 0.248. The highest BCUT2D eigenvalue weighted by Gasteiger charge is 2.11. The van der Waals surface area contributed by atoms with Crippen molar-refractivity contribution in [1.82, 2.24) is 5.32 Å². The first kappa shape index (κ1) is 19.6. The van der Waals surface area contributed by atoms with Crippen molar-refractivity contribution < 1.29 is 14.3 Å². The van der Waals surface area contributed by atoms with Crippen molar-refractivity contribution in [3.05, 3.63) is 53.6 Å². The Hall–Kier alpha value is -2.73. The number of nitrogens with zero attached hydrogens (tertiary/aromatic N) is 1. The van der Waals surface area contributed by atoms with Gasteiger partial charge >= 0.3 is 6.03 Å². The van der Waals surface area contributed by atoms with Gasteiger partial charge in [0.25, 0.3) is 5.91 Å². The fraction of sp³-hybridized carbons (Fsp3) is 0.263. The van der Waals surface area contributed by atoms with E-state index >= 15 is 0 Å². The van der Waals surface area contributed by atoms with Gasteiger partial charge in [0.15, 0.2) is 6.61 Å². The number of ether oxygens (including phenoxy) is 1.